The first kappa shape index (κ1) is 20.5. The number of likely N-dealkylation sites (tertiary alicyclic amines) is 1. The highest BCUT2D eigenvalue weighted by Crippen LogP contribution is 2.23. The van der Waals surface area contributed by atoms with E-state index in [-0.39, 0.29) is 5.91 Å². The third-order valence-corrected chi connectivity index (χ3v) is 5.61. The van der Waals surface area contributed by atoms with Gasteiger partial charge in [-0.25, -0.2) is 0 Å². The lowest BCUT2D eigenvalue weighted by atomic mass is 9.93. The van der Waals surface area contributed by atoms with Gasteiger partial charge in [-0.15, -0.1) is 0 Å². The number of benzene rings is 1. The van der Waals surface area contributed by atoms with Crippen molar-refractivity contribution in [3.8, 4) is 0 Å². The van der Waals surface area contributed by atoms with Crippen LogP contribution in [0, 0.1) is 5.92 Å². The maximum atomic E-state index is 11.6. The van der Waals surface area contributed by atoms with E-state index in [1.165, 1.54) is 10.9 Å². The molecule has 152 valence electrons. The summed E-state index contributed by atoms with van der Waals surface area (Å²) in [6.45, 7) is 5.54. The maximum Gasteiger partial charge on any atom is 0.220 e. The van der Waals surface area contributed by atoms with Crippen LogP contribution in [0.1, 0.15) is 31.7 Å². The predicted molar refractivity (Wildman–Crippen MR) is 116 cm³/mol. The summed E-state index contributed by atoms with van der Waals surface area (Å²) < 4.78 is 0. The number of nitrogens with one attached hydrogen (secondary N) is 3. The molecule has 0 bridgehead atoms. The lowest BCUT2D eigenvalue weighted by Gasteiger charge is -2.34. The monoisotopic (exact) mass is 403 g/mol. The van der Waals surface area contributed by atoms with Crippen molar-refractivity contribution < 1.29 is 4.79 Å². The highest BCUT2D eigenvalue weighted by Gasteiger charge is 2.23. The van der Waals surface area contributed by atoms with Crippen LogP contribution < -0.4 is 10.6 Å². The van der Waals surface area contributed by atoms with Crippen molar-refractivity contribution in [1.82, 2.24) is 20.5 Å². The van der Waals surface area contributed by atoms with E-state index >= 15 is 0 Å². The van der Waals surface area contributed by atoms with Crippen molar-refractivity contribution in [2.75, 3.05) is 33.2 Å². The van der Waals surface area contributed by atoms with Crippen LogP contribution in [0.15, 0.2) is 29.4 Å². The summed E-state index contributed by atoms with van der Waals surface area (Å²) >= 11 is 6.14. The molecule has 3 rings (SSSR count). The molecule has 1 aliphatic heterocycles. The van der Waals surface area contributed by atoms with Crippen LogP contribution in [0.5, 0.6) is 0 Å². The van der Waals surface area contributed by atoms with Gasteiger partial charge in [0.2, 0.25) is 5.91 Å². The summed E-state index contributed by atoms with van der Waals surface area (Å²) in [6, 6.07) is 5.92. The Kier molecular flexibility index (Phi) is 7.20. The van der Waals surface area contributed by atoms with E-state index < -0.39 is 0 Å². The highest BCUT2D eigenvalue weighted by molar-refractivity contribution is 6.31. The van der Waals surface area contributed by atoms with Crippen LogP contribution in [0.3, 0.4) is 0 Å². The molecule has 2 aromatic rings. The number of H-pyrrole nitrogens is 1. The van der Waals surface area contributed by atoms with Gasteiger partial charge >= 0.3 is 0 Å². The van der Waals surface area contributed by atoms with Gasteiger partial charge in [0.05, 0.1) is 0 Å². The molecule has 0 saturated carbocycles. The van der Waals surface area contributed by atoms with Crippen LogP contribution in [-0.2, 0) is 11.2 Å². The van der Waals surface area contributed by atoms with Gasteiger partial charge in [-0.2, -0.15) is 0 Å². The standard InChI is InChI=1S/C21H30ClN5O/c1-3-24-21(27-10-7-15(8-11-27)12-20(28)23-2)25-9-6-16-14-26-19-5-4-17(22)13-18(16)19/h4-5,13-15,26H,3,6-12H2,1-2H3,(H,23,28)(H,24,25). The van der Waals surface area contributed by atoms with Gasteiger partial charge in [0.1, 0.15) is 0 Å². The van der Waals surface area contributed by atoms with Crippen molar-refractivity contribution in [2.24, 2.45) is 10.9 Å². The second-order valence-corrected chi connectivity index (χ2v) is 7.73. The second-order valence-electron chi connectivity index (χ2n) is 7.30. The van der Waals surface area contributed by atoms with Crippen LogP contribution >= 0.6 is 11.6 Å². The quantitative estimate of drug-likeness (QED) is 0.512. The number of hydrogen-bond acceptors (Lipinski definition) is 2. The van der Waals surface area contributed by atoms with E-state index in [0.29, 0.717) is 12.3 Å². The second kappa shape index (κ2) is 9.82. The lowest BCUT2D eigenvalue weighted by Crippen LogP contribution is -2.46. The Labute approximate surface area is 171 Å². The summed E-state index contributed by atoms with van der Waals surface area (Å²) in [5.41, 5.74) is 2.34. The summed E-state index contributed by atoms with van der Waals surface area (Å²) in [4.78, 5) is 22.1. The van der Waals surface area contributed by atoms with Gasteiger partial charge in [-0.3, -0.25) is 9.79 Å². The first-order chi connectivity index (χ1) is 13.6. The number of rotatable bonds is 6. The van der Waals surface area contributed by atoms with Gasteiger partial charge in [-0.05, 0) is 55.9 Å². The van der Waals surface area contributed by atoms with E-state index in [2.05, 4.69) is 27.4 Å². The molecule has 1 aliphatic rings. The van der Waals surface area contributed by atoms with E-state index in [1.54, 1.807) is 7.05 Å². The van der Waals surface area contributed by atoms with Crippen LogP contribution in [0.25, 0.3) is 10.9 Å². The molecule has 0 aliphatic carbocycles. The average molecular weight is 404 g/mol. The van der Waals surface area contributed by atoms with E-state index in [9.17, 15) is 4.79 Å². The predicted octanol–water partition coefficient (Wildman–Crippen LogP) is 3.18. The molecule has 0 unspecified atom stereocenters. The number of fused-ring (bicyclic) bond motifs is 1. The van der Waals surface area contributed by atoms with Crippen LogP contribution in [0.4, 0.5) is 0 Å². The fourth-order valence-corrected chi connectivity index (χ4v) is 3.95. The van der Waals surface area contributed by atoms with Crippen LogP contribution in [0.2, 0.25) is 5.02 Å². The number of amides is 1. The van der Waals surface area contributed by atoms with Crippen molar-refractivity contribution in [3.05, 3.63) is 35.0 Å². The Bertz CT molecular complexity index is 823. The van der Waals surface area contributed by atoms with Gasteiger partial charge in [0.15, 0.2) is 5.96 Å². The minimum absolute atomic E-state index is 0.137. The number of halogens is 1. The lowest BCUT2D eigenvalue weighted by molar-refractivity contribution is -0.121. The third-order valence-electron chi connectivity index (χ3n) is 5.37. The molecule has 1 fully saturated rings. The molecule has 2 heterocycles. The Morgan fingerprint density at radius 3 is 2.86 bits per heavy atom. The molecule has 28 heavy (non-hydrogen) atoms. The first-order valence-corrected chi connectivity index (χ1v) is 10.5. The SMILES string of the molecule is CCNC(=NCCc1c[nH]c2ccc(Cl)cc12)N1CCC(CC(=O)NC)CC1. The highest BCUT2D eigenvalue weighted by atomic mass is 35.5. The van der Waals surface area contributed by atoms with Crippen molar-refractivity contribution in [2.45, 2.75) is 32.6 Å². The molecule has 1 aromatic heterocycles. The number of aromatic nitrogens is 1. The Morgan fingerprint density at radius 1 is 1.36 bits per heavy atom. The molecule has 6 nitrogen and oxygen atoms in total. The van der Waals surface area contributed by atoms with Crippen molar-refractivity contribution >= 4 is 34.4 Å². The van der Waals surface area contributed by atoms with Crippen molar-refractivity contribution in [3.63, 3.8) is 0 Å². The summed E-state index contributed by atoms with van der Waals surface area (Å²) in [7, 11) is 1.70. The van der Waals surface area contributed by atoms with Gasteiger partial charge in [0, 0.05) is 61.8 Å². The summed E-state index contributed by atoms with van der Waals surface area (Å²) in [5, 5.41) is 8.06. The summed E-state index contributed by atoms with van der Waals surface area (Å²) in [6.07, 6.45) is 5.59. The zero-order valence-corrected chi connectivity index (χ0v) is 17.5. The third kappa shape index (κ3) is 5.19. The molecule has 1 aromatic carbocycles. The molecule has 7 heteroatoms. The minimum atomic E-state index is 0.137. The van der Waals surface area contributed by atoms with E-state index in [1.807, 2.05) is 24.4 Å². The largest absolute Gasteiger partial charge is 0.361 e. The fraction of sp³-hybridized carbons (Fsp3) is 0.524. The number of carbonyl (C=O) groups excluding carboxylic acids is 1. The van der Waals surface area contributed by atoms with Crippen molar-refractivity contribution in [1.29, 1.82) is 0 Å². The van der Waals surface area contributed by atoms with Gasteiger partial charge in [0.25, 0.3) is 0 Å². The smallest absolute Gasteiger partial charge is 0.220 e. The maximum absolute atomic E-state index is 11.6. The number of guanidine groups is 1. The average Bonchev–Trinajstić information content (AvgIpc) is 3.10. The Morgan fingerprint density at radius 2 is 2.14 bits per heavy atom. The van der Waals surface area contributed by atoms with E-state index in [0.717, 1.165) is 61.9 Å². The topological polar surface area (TPSA) is 72.5 Å². The molecule has 1 amide bonds. The van der Waals surface area contributed by atoms with E-state index in [4.69, 9.17) is 16.6 Å². The molecular formula is C21H30ClN5O. The zero-order valence-electron chi connectivity index (χ0n) is 16.7. The fourth-order valence-electron chi connectivity index (χ4n) is 3.78. The Balaban J connectivity index is 1.58. The number of aromatic amines is 1. The molecule has 0 atom stereocenters. The first-order valence-electron chi connectivity index (χ1n) is 10.1. The zero-order chi connectivity index (χ0) is 19.9. The van der Waals surface area contributed by atoms with Gasteiger partial charge in [-0.1, -0.05) is 11.6 Å². The molecule has 0 spiro atoms. The number of aliphatic imine (C=N–C) groups is 1. The number of nitrogens with zero attached hydrogens (tertiary/aromatic N) is 2. The molecule has 0 radical (unpaired) electrons. The number of hydrogen-bond donors (Lipinski definition) is 3. The molecular weight excluding hydrogens is 374 g/mol. The summed E-state index contributed by atoms with van der Waals surface area (Å²) in [5.74, 6) is 1.58. The van der Waals surface area contributed by atoms with Gasteiger partial charge < -0.3 is 20.5 Å². The molecule has 1 saturated heterocycles. The Hall–Kier alpha value is -2.21. The minimum Gasteiger partial charge on any atom is -0.361 e. The number of carbonyl (C=O) groups is 1. The normalized spacial score (nSPS) is 15.8. The molecule has 3 N–H and O–H groups in total. The number of piperidine rings is 1. The van der Waals surface area contributed by atoms with Crippen LogP contribution in [-0.4, -0.2) is 55.0 Å².